The van der Waals surface area contributed by atoms with Gasteiger partial charge >= 0.3 is 0 Å². The number of carbonyl (C=O) groups excluding carboxylic acids is 1. The summed E-state index contributed by atoms with van der Waals surface area (Å²) in [6.45, 7) is 6.28. The fraction of sp³-hybridized carbons (Fsp3) is 0.350. The number of benzene rings is 2. The predicted molar refractivity (Wildman–Crippen MR) is 93.8 cm³/mol. The molecule has 0 radical (unpaired) electrons. The number of rotatable bonds is 8. The molecule has 2 rings (SSSR count). The molecule has 2 nitrogen and oxygen atoms in total. The average molecular weight is 295 g/mol. The van der Waals surface area contributed by atoms with E-state index in [2.05, 4.69) is 54.3 Å². The van der Waals surface area contributed by atoms with Crippen molar-refractivity contribution in [3.63, 3.8) is 0 Å². The third-order valence-corrected chi connectivity index (χ3v) is 4.04. The van der Waals surface area contributed by atoms with Crippen LogP contribution in [0.2, 0.25) is 0 Å². The topological polar surface area (TPSA) is 20.3 Å². The van der Waals surface area contributed by atoms with Gasteiger partial charge in [0.25, 0.3) is 0 Å². The molecule has 0 N–H and O–H groups in total. The molecule has 0 fully saturated rings. The summed E-state index contributed by atoms with van der Waals surface area (Å²) in [6, 6.07) is 16.7. The molecular weight excluding hydrogens is 270 g/mol. The van der Waals surface area contributed by atoms with Crippen LogP contribution in [0, 0.1) is 6.92 Å². The Hall–Kier alpha value is -2.09. The molecule has 0 heterocycles. The lowest BCUT2D eigenvalue weighted by Gasteiger charge is -2.25. The summed E-state index contributed by atoms with van der Waals surface area (Å²) in [5.41, 5.74) is 4.41. The van der Waals surface area contributed by atoms with Crippen LogP contribution in [0.5, 0.6) is 0 Å². The van der Waals surface area contributed by atoms with Gasteiger partial charge in [-0.25, -0.2) is 0 Å². The maximum atomic E-state index is 11.0. The number of carbonyl (C=O) groups is 1. The summed E-state index contributed by atoms with van der Waals surface area (Å²) in [5, 5.41) is 0. The van der Waals surface area contributed by atoms with Crippen molar-refractivity contribution in [2.75, 3.05) is 18.0 Å². The smallest absolute Gasteiger partial charge is 0.150 e. The lowest BCUT2D eigenvalue weighted by molar-refractivity contribution is 0.112. The van der Waals surface area contributed by atoms with E-state index < -0.39 is 0 Å². The number of anilines is 1. The molecule has 0 spiro atoms. The molecule has 0 saturated carbocycles. The molecule has 0 aromatic heterocycles. The second kappa shape index (κ2) is 8.38. The largest absolute Gasteiger partial charge is 0.371 e. The standard InChI is InChI=1S/C20H25NO/c1-3-4-13-21(14-12-18-8-6-5-7-9-18)20-11-10-19(16-22)17(2)15-20/h5-11,15-16H,3-4,12-14H2,1-2H3. The Morgan fingerprint density at radius 1 is 1.05 bits per heavy atom. The molecular formula is C20H25NO. The lowest BCUT2D eigenvalue weighted by Crippen LogP contribution is -2.27. The van der Waals surface area contributed by atoms with Crippen LogP contribution < -0.4 is 4.90 Å². The van der Waals surface area contributed by atoms with E-state index in [-0.39, 0.29) is 0 Å². The van der Waals surface area contributed by atoms with Gasteiger partial charge in [-0.2, -0.15) is 0 Å². The first-order valence-corrected chi connectivity index (χ1v) is 8.09. The first-order chi connectivity index (χ1) is 10.7. The Morgan fingerprint density at radius 3 is 2.45 bits per heavy atom. The Morgan fingerprint density at radius 2 is 1.82 bits per heavy atom. The summed E-state index contributed by atoms with van der Waals surface area (Å²) in [6.07, 6.45) is 4.34. The number of hydrogen-bond acceptors (Lipinski definition) is 2. The zero-order valence-corrected chi connectivity index (χ0v) is 13.6. The fourth-order valence-electron chi connectivity index (χ4n) is 2.62. The molecule has 0 aliphatic heterocycles. The van der Waals surface area contributed by atoms with Gasteiger partial charge in [0.15, 0.2) is 0 Å². The van der Waals surface area contributed by atoms with Crippen LogP contribution in [-0.2, 0) is 6.42 Å². The minimum absolute atomic E-state index is 0.780. The highest BCUT2D eigenvalue weighted by Crippen LogP contribution is 2.19. The predicted octanol–water partition coefficient (Wildman–Crippen LogP) is 4.66. The third kappa shape index (κ3) is 4.45. The first-order valence-electron chi connectivity index (χ1n) is 8.09. The van der Waals surface area contributed by atoms with Crippen molar-refractivity contribution in [1.82, 2.24) is 0 Å². The summed E-state index contributed by atoms with van der Waals surface area (Å²) < 4.78 is 0. The summed E-state index contributed by atoms with van der Waals surface area (Å²) in [7, 11) is 0. The van der Waals surface area contributed by atoms with Crippen molar-refractivity contribution in [3.8, 4) is 0 Å². The second-order valence-electron chi connectivity index (χ2n) is 5.73. The lowest BCUT2D eigenvalue weighted by atomic mass is 10.1. The zero-order chi connectivity index (χ0) is 15.8. The van der Waals surface area contributed by atoms with Gasteiger partial charge in [0, 0.05) is 24.3 Å². The van der Waals surface area contributed by atoms with Crippen molar-refractivity contribution in [3.05, 3.63) is 65.2 Å². The van der Waals surface area contributed by atoms with Gasteiger partial charge < -0.3 is 4.90 Å². The molecule has 2 aromatic rings. The number of aldehydes is 1. The molecule has 2 heteroatoms. The van der Waals surface area contributed by atoms with Crippen LogP contribution in [0.3, 0.4) is 0 Å². The van der Waals surface area contributed by atoms with E-state index in [4.69, 9.17) is 0 Å². The maximum Gasteiger partial charge on any atom is 0.150 e. The van der Waals surface area contributed by atoms with Crippen molar-refractivity contribution in [2.45, 2.75) is 33.1 Å². The van der Waals surface area contributed by atoms with Gasteiger partial charge in [0.1, 0.15) is 6.29 Å². The van der Waals surface area contributed by atoms with Crippen molar-refractivity contribution < 1.29 is 4.79 Å². The number of nitrogens with zero attached hydrogens (tertiary/aromatic N) is 1. The molecule has 2 aromatic carbocycles. The van der Waals surface area contributed by atoms with Gasteiger partial charge in [-0.05, 0) is 49.1 Å². The molecule has 0 unspecified atom stereocenters. The van der Waals surface area contributed by atoms with Crippen LogP contribution in [0.25, 0.3) is 0 Å². The van der Waals surface area contributed by atoms with Crippen molar-refractivity contribution in [1.29, 1.82) is 0 Å². The summed E-state index contributed by atoms with van der Waals surface area (Å²) >= 11 is 0. The molecule has 0 bridgehead atoms. The molecule has 0 saturated heterocycles. The van der Waals surface area contributed by atoms with Gasteiger partial charge in [-0.3, -0.25) is 4.79 Å². The Bertz CT molecular complexity index is 592. The van der Waals surface area contributed by atoms with Crippen molar-refractivity contribution in [2.24, 2.45) is 0 Å². The van der Waals surface area contributed by atoms with E-state index in [0.29, 0.717) is 0 Å². The summed E-state index contributed by atoms with van der Waals surface area (Å²) in [4.78, 5) is 13.4. The van der Waals surface area contributed by atoms with Gasteiger partial charge in [0.2, 0.25) is 0 Å². The zero-order valence-electron chi connectivity index (χ0n) is 13.6. The monoisotopic (exact) mass is 295 g/mol. The highest BCUT2D eigenvalue weighted by molar-refractivity contribution is 5.78. The third-order valence-electron chi connectivity index (χ3n) is 4.04. The van der Waals surface area contributed by atoms with Crippen LogP contribution in [0.4, 0.5) is 5.69 Å². The molecule has 0 aliphatic rings. The van der Waals surface area contributed by atoms with Crippen LogP contribution in [0.15, 0.2) is 48.5 Å². The van der Waals surface area contributed by atoms with Crippen LogP contribution in [-0.4, -0.2) is 19.4 Å². The quantitative estimate of drug-likeness (QED) is 0.660. The van der Waals surface area contributed by atoms with E-state index in [9.17, 15) is 4.79 Å². The minimum atomic E-state index is 0.780. The van der Waals surface area contributed by atoms with Gasteiger partial charge in [-0.1, -0.05) is 43.7 Å². The molecule has 0 amide bonds. The molecule has 0 aliphatic carbocycles. The molecule has 0 atom stereocenters. The molecule has 116 valence electrons. The Balaban J connectivity index is 2.11. The Kier molecular flexibility index (Phi) is 6.20. The highest BCUT2D eigenvalue weighted by atomic mass is 16.1. The maximum absolute atomic E-state index is 11.0. The number of unbranched alkanes of at least 4 members (excludes halogenated alkanes) is 1. The van der Waals surface area contributed by atoms with Gasteiger partial charge in [0.05, 0.1) is 0 Å². The number of aryl methyl sites for hydroxylation is 1. The SMILES string of the molecule is CCCCN(CCc1ccccc1)c1ccc(C=O)c(C)c1. The van der Waals surface area contributed by atoms with Crippen LogP contribution >= 0.6 is 0 Å². The van der Waals surface area contributed by atoms with Crippen molar-refractivity contribution >= 4 is 12.0 Å². The highest BCUT2D eigenvalue weighted by Gasteiger charge is 2.08. The molecule has 22 heavy (non-hydrogen) atoms. The first kappa shape index (κ1) is 16.3. The summed E-state index contributed by atoms with van der Waals surface area (Å²) in [5.74, 6) is 0. The normalized spacial score (nSPS) is 10.5. The van der Waals surface area contributed by atoms with E-state index in [0.717, 1.165) is 36.9 Å². The minimum Gasteiger partial charge on any atom is -0.371 e. The van der Waals surface area contributed by atoms with Crippen LogP contribution in [0.1, 0.15) is 41.3 Å². The van der Waals surface area contributed by atoms with E-state index >= 15 is 0 Å². The Labute approximate surface area is 133 Å². The van der Waals surface area contributed by atoms with E-state index in [1.165, 1.54) is 24.1 Å². The second-order valence-corrected chi connectivity index (χ2v) is 5.73. The van der Waals surface area contributed by atoms with Gasteiger partial charge in [-0.15, -0.1) is 0 Å². The van der Waals surface area contributed by atoms with E-state index in [1.807, 2.05) is 13.0 Å². The fourth-order valence-corrected chi connectivity index (χ4v) is 2.62. The van der Waals surface area contributed by atoms with E-state index in [1.54, 1.807) is 0 Å². The average Bonchev–Trinajstić information content (AvgIpc) is 2.56. The number of hydrogen-bond donors (Lipinski definition) is 0.